The standard InChI is InChI=1S/C30H47O3P/c1-2-3-4-17-26-32-34(31,28-19-8-6-12-21-30-24-15-10-16-25-30)33-27-18-7-5-11-20-29-22-13-9-14-23-29/h9-10,13-16,22-25H,2-8,11-12,17-21,26-28H2,1H3. The van der Waals surface area contributed by atoms with Crippen LogP contribution in [-0.4, -0.2) is 19.4 Å². The highest BCUT2D eigenvalue weighted by Crippen LogP contribution is 2.49. The van der Waals surface area contributed by atoms with Crippen LogP contribution in [0.4, 0.5) is 0 Å². The molecule has 0 saturated carbocycles. The molecule has 0 aliphatic heterocycles. The molecule has 0 aromatic heterocycles. The fraction of sp³-hybridized carbons (Fsp3) is 0.600. The Labute approximate surface area is 209 Å². The van der Waals surface area contributed by atoms with Crippen molar-refractivity contribution in [2.24, 2.45) is 0 Å². The van der Waals surface area contributed by atoms with Gasteiger partial charge in [0.2, 0.25) is 0 Å². The van der Waals surface area contributed by atoms with Crippen molar-refractivity contribution >= 4 is 7.60 Å². The van der Waals surface area contributed by atoms with Gasteiger partial charge in [-0.3, -0.25) is 4.57 Å². The van der Waals surface area contributed by atoms with Crippen LogP contribution in [0.25, 0.3) is 0 Å². The first-order valence-corrected chi connectivity index (χ1v) is 15.4. The second-order valence-corrected chi connectivity index (χ2v) is 11.5. The van der Waals surface area contributed by atoms with Gasteiger partial charge in [-0.2, -0.15) is 0 Å². The molecule has 2 aromatic carbocycles. The monoisotopic (exact) mass is 486 g/mol. The van der Waals surface area contributed by atoms with Gasteiger partial charge in [-0.25, -0.2) is 0 Å². The van der Waals surface area contributed by atoms with E-state index in [1.807, 2.05) is 0 Å². The smallest absolute Gasteiger partial charge is 0.309 e. The first kappa shape index (κ1) is 28.8. The van der Waals surface area contributed by atoms with Crippen molar-refractivity contribution in [3.05, 3.63) is 71.8 Å². The summed E-state index contributed by atoms with van der Waals surface area (Å²) in [5, 5.41) is 0. The van der Waals surface area contributed by atoms with Gasteiger partial charge in [0.25, 0.3) is 0 Å². The average molecular weight is 487 g/mol. The van der Waals surface area contributed by atoms with Gasteiger partial charge >= 0.3 is 7.60 Å². The Morgan fingerprint density at radius 1 is 0.559 bits per heavy atom. The molecule has 0 heterocycles. The van der Waals surface area contributed by atoms with Gasteiger partial charge in [-0.05, 0) is 56.1 Å². The molecule has 34 heavy (non-hydrogen) atoms. The van der Waals surface area contributed by atoms with Gasteiger partial charge in [0.15, 0.2) is 0 Å². The largest absolute Gasteiger partial charge is 0.330 e. The fourth-order valence-corrected chi connectivity index (χ4v) is 5.92. The van der Waals surface area contributed by atoms with Gasteiger partial charge in [0.05, 0.1) is 19.4 Å². The van der Waals surface area contributed by atoms with Crippen LogP contribution in [0.1, 0.15) is 95.1 Å². The quantitative estimate of drug-likeness (QED) is 0.130. The van der Waals surface area contributed by atoms with Crippen LogP contribution < -0.4 is 0 Å². The molecule has 0 aliphatic rings. The molecule has 1 atom stereocenters. The summed E-state index contributed by atoms with van der Waals surface area (Å²) in [4.78, 5) is 0. The van der Waals surface area contributed by atoms with Gasteiger partial charge in [0, 0.05) is 0 Å². The predicted octanol–water partition coefficient (Wildman–Crippen LogP) is 9.40. The molecule has 2 aromatic rings. The summed E-state index contributed by atoms with van der Waals surface area (Å²) in [7, 11) is -2.98. The van der Waals surface area contributed by atoms with Crippen molar-refractivity contribution < 1.29 is 13.6 Å². The minimum Gasteiger partial charge on any atom is -0.309 e. The number of unbranched alkanes of at least 4 members (excludes halogenated alkanes) is 9. The van der Waals surface area contributed by atoms with E-state index in [4.69, 9.17) is 9.05 Å². The van der Waals surface area contributed by atoms with E-state index in [9.17, 15) is 4.57 Å². The number of aryl methyl sites for hydroxylation is 2. The first-order chi connectivity index (χ1) is 16.7. The third-order valence-electron chi connectivity index (χ3n) is 6.27. The summed E-state index contributed by atoms with van der Waals surface area (Å²) in [5.74, 6) is 0. The Morgan fingerprint density at radius 3 is 1.50 bits per heavy atom. The molecule has 0 spiro atoms. The summed E-state index contributed by atoms with van der Waals surface area (Å²) < 4.78 is 25.1. The highest BCUT2D eigenvalue weighted by Gasteiger charge is 2.23. The maximum Gasteiger partial charge on any atom is 0.330 e. The summed E-state index contributed by atoms with van der Waals surface area (Å²) >= 11 is 0. The summed E-state index contributed by atoms with van der Waals surface area (Å²) in [6.07, 6.45) is 16.1. The van der Waals surface area contributed by atoms with E-state index in [-0.39, 0.29) is 0 Å². The maximum absolute atomic E-state index is 13.3. The van der Waals surface area contributed by atoms with Crippen molar-refractivity contribution in [1.82, 2.24) is 0 Å². The van der Waals surface area contributed by atoms with E-state index in [0.717, 1.165) is 57.8 Å². The molecule has 0 aliphatic carbocycles. The van der Waals surface area contributed by atoms with E-state index in [0.29, 0.717) is 19.4 Å². The van der Waals surface area contributed by atoms with Crippen molar-refractivity contribution in [3.8, 4) is 0 Å². The lowest BCUT2D eigenvalue weighted by Crippen LogP contribution is -2.04. The van der Waals surface area contributed by atoms with Crippen molar-refractivity contribution in [3.63, 3.8) is 0 Å². The molecule has 0 N–H and O–H groups in total. The molecular weight excluding hydrogens is 439 g/mol. The SMILES string of the molecule is CCCCCCOP(=O)(CCCCCCc1ccccc1)OCCCCCCc1ccccc1. The average Bonchev–Trinajstić information content (AvgIpc) is 2.87. The second kappa shape index (κ2) is 18.9. The number of hydrogen-bond acceptors (Lipinski definition) is 3. The lowest BCUT2D eigenvalue weighted by atomic mass is 10.1. The second-order valence-electron chi connectivity index (χ2n) is 9.36. The first-order valence-electron chi connectivity index (χ1n) is 13.7. The Hall–Kier alpha value is -1.41. The molecule has 190 valence electrons. The molecule has 4 heteroatoms. The zero-order chi connectivity index (χ0) is 24.2. The zero-order valence-corrected chi connectivity index (χ0v) is 22.4. The highest BCUT2D eigenvalue weighted by atomic mass is 31.2. The third-order valence-corrected chi connectivity index (χ3v) is 8.28. The topological polar surface area (TPSA) is 35.5 Å². The molecule has 0 bridgehead atoms. The predicted molar refractivity (Wildman–Crippen MR) is 146 cm³/mol. The van der Waals surface area contributed by atoms with Crippen LogP contribution in [0.3, 0.4) is 0 Å². The van der Waals surface area contributed by atoms with Crippen LogP contribution in [0, 0.1) is 0 Å². The molecule has 0 amide bonds. The summed E-state index contributed by atoms with van der Waals surface area (Å²) in [6, 6.07) is 21.3. The molecule has 0 fully saturated rings. The minimum absolute atomic E-state index is 0.547. The number of hydrogen-bond donors (Lipinski definition) is 0. The normalized spacial score (nSPS) is 13.1. The Balaban J connectivity index is 1.60. The number of rotatable bonds is 21. The van der Waals surface area contributed by atoms with Crippen LogP contribution in [-0.2, 0) is 26.5 Å². The molecule has 0 radical (unpaired) electrons. The molecule has 2 rings (SSSR count). The Morgan fingerprint density at radius 2 is 1.00 bits per heavy atom. The van der Waals surface area contributed by atoms with E-state index in [2.05, 4.69) is 67.6 Å². The van der Waals surface area contributed by atoms with E-state index in [1.54, 1.807) is 0 Å². The zero-order valence-electron chi connectivity index (χ0n) is 21.5. The van der Waals surface area contributed by atoms with Crippen LogP contribution in [0.5, 0.6) is 0 Å². The van der Waals surface area contributed by atoms with Gasteiger partial charge in [-0.15, -0.1) is 0 Å². The lowest BCUT2D eigenvalue weighted by molar-refractivity contribution is 0.197. The Bertz CT molecular complexity index is 763. The van der Waals surface area contributed by atoms with Crippen LogP contribution >= 0.6 is 7.60 Å². The van der Waals surface area contributed by atoms with Gasteiger partial charge < -0.3 is 9.05 Å². The molecular formula is C30H47O3P. The molecule has 3 nitrogen and oxygen atoms in total. The van der Waals surface area contributed by atoms with E-state index < -0.39 is 7.60 Å². The van der Waals surface area contributed by atoms with Crippen LogP contribution in [0.15, 0.2) is 60.7 Å². The minimum atomic E-state index is -2.98. The van der Waals surface area contributed by atoms with E-state index >= 15 is 0 Å². The Kier molecular flexibility index (Phi) is 16.0. The molecule has 1 unspecified atom stereocenters. The van der Waals surface area contributed by atoms with Crippen LogP contribution in [0.2, 0.25) is 0 Å². The van der Waals surface area contributed by atoms with E-state index in [1.165, 1.54) is 43.2 Å². The maximum atomic E-state index is 13.3. The van der Waals surface area contributed by atoms with Crippen molar-refractivity contribution in [1.29, 1.82) is 0 Å². The van der Waals surface area contributed by atoms with Gasteiger partial charge in [0.1, 0.15) is 0 Å². The third kappa shape index (κ3) is 14.1. The fourth-order valence-electron chi connectivity index (χ4n) is 4.16. The lowest BCUT2D eigenvalue weighted by Gasteiger charge is -2.19. The number of benzene rings is 2. The molecule has 0 saturated heterocycles. The van der Waals surface area contributed by atoms with Gasteiger partial charge in [-0.1, -0.05) is 113 Å². The summed E-state index contributed by atoms with van der Waals surface area (Å²) in [5.41, 5.74) is 2.80. The van der Waals surface area contributed by atoms with Crippen molar-refractivity contribution in [2.45, 2.75) is 96.8 Å². The summed E-state index contributed by atoms with van der Waals surface area (Å²) in [6.45, 7) is 3.31. The van der Waals surface area contributed by atoms with Crippen molar-refractivity contribution in [2.75, 3.05) is 19.4 Å². The highest BCUT2D eigenvalue weighted by molar-refractivity contribution is 7.53.